The molecule has 24 heavy (non-hydrogen) atoms. The van der Waals surface area contributed by atoms with Crippen molar-refractivity contribution in [3.63, 3.8) is 0 Å². The molecule has 2 heterocycles. The number of urea groups is 1. The fourth-order valence-corrected chi connectivity index (χ4v) is 3.51. The van der Waals surface area contributed by atoms with Crippen molar-refractivity contribution < 1.29 is 14.7 Å². The lowest BCUT2D eigenvalue weighted by atomic mass is 9.96. The largest absolute Gasteiger partial charge is 0.392 e. The maximum absolute atomic E-state index is 12.2. The molecule has 0 aromatic rings. The molecule has 0 spiro atoms. The molecule has 2 N–H and O–H groups in total. The number of β-amino-alcohol motifs (C(OH)–C–C–N with tert-alkyl or cyclic N) is 1. The Morgan fingerprint density at radius 3 is 2.50 bits per heavy atom. The first kappa shape index (κ1) is 19.0. The van der Waals surface area contributed by atoms with Gasteiger partial charge in [-0.25, -0.2) is 4.79 Å². The van der Waals surface area contributed by atoms with Crippen LogP contribution in [0.2, 0.25) is 0 Å². The van der Waals surface area contributed by atoms with E-state index >= 15 is 0 Å². The molecule has 0 aromatic heterocycles. The molecule has 2 fully saturated rings. The fraction of sp³-hybridized carbons (Fsp3) is 0.882. The van der Waals surface area contributed by atoms with Gasteiger partial charge in [-0.3, -0.25) is 4.79 Å². The highest BCUT2D eigenvalue weighted by Crippen LogP contribution is 2.18. The second-order valence-electron chi connectivity index (χ2n) is 7.18. The van der Waals surface area contributed by atoms with Crippen molar-refractivity contribution in [3.8, 4) is 0 Å². The van der Waals surface area contributed by atoms with Crippen LogP contribution < -0.4 is 5.32 Å². The summed E-state index contributed by atoms with van der Waals surface area (Å²) in [7, 11) is 3.50. The highest BCUT2D eigenvalue weighted by Gasteiger charge is 2.27. The quantitative estimate of drug-likeness (QED) is 0.708. The van der Waals surface area contributed by atoms with E-state index in [1.807, 2.05) is 4.90 Å². The normalized spacial score (nSPS) is 23.1. The van der Waals surface area contributed by atoms with Gasteiger partial charge < -0.3 is 25.1 Å². The summed E-state index contributed by atoms with van der Waals surface area (Å²) in [6.45, 7) is 4.71. The monoisotopic (exact) mass is 340 g/mol. The van der Waals surface area contributed by atoms with Crippen molar-refractivity contribution in [1.29, 1.82) is 0 Å². The molecule has 138 valence electrons. The second-order valence-corrected chi connectivity index (χ2v) is 7.18. The summed E-state index contributed by atoms with van der Waals surface area (Å²) in [5.74, 6) is 0.138. The van der Waals surface area contributed by atoms with Crippen LogP contribution in [0, 0.1) is 5.92 Å². The minimum absolute atomic E-state index is 0.0213. The van der Waals surface area contributed by atoms with E-state index in [4.69, 9.17) is 0 Å². The van der Waals surface area contributed by atoms with E-state index in [1.165, 1.54) is 0 Å². The Balaban J connectivity index is 1.59. The average Bonchev–Trinajstić information content (AvgIpc) is 2.58. The number of amides is 3. The first-order chi connectivity index (χ1) is 11.5. The van der Waals surface area contributed by atoms with Crippen molar-refractivity contribution >= 4 is 11.9 Å². The Bertz CT molecular complexity index is 422. The van der Waals surface area contributed by atoms with Gasteiger partial charge in [0.2, 0.25) is 5.91 Å². The van der Waals surface area contributed by atoms with E-state index in [1.54, 1.807) is 19.0 Å². The molecule has 0 radical (unpaired) electrons. The summed E-state index contributed by atoms with van der Waals surface area (Å²) in [5.41, 5.74) is 0. The molecule has 0 aromatic carbocycles. The number of likely N-dealkylation sites (tertiary alicyclic amines) is 2. The van der Waals surface area contributed by atoms with Gasteiger partial charge in [0.05, 0.1) is 6.10 Å². The van der Waals surface area contributed by atoms with Crippen molar-refractivity contribution in [2.45, 2.75) is 38.2 Å². The summed E-state index contributed by atoms with van der Waals surface area (Å²) >= 11 is 0. The molecule has 7 nitrogen and oxygen atoms in total. The number of hydrogen-bond donors (Lipinski definition) is 2. The van der Waals surface area contributed by atoms with E-state index in [9.17, 15) is 14.7 Å². The topological polar surface area (TPSA) is 76.1 Å². The number of aliphatic hydroxyl groups is 1. The molecule has 2 aliphatic heterocycles. The number of nitrogens with one attached hydrogen (secondary N) is 1. The Morgan fingerprint density at radius 1 is 1.17 bits per heavy atom. The summed E-state index contributed by atoms with van der Waals surface area (Å²) in [6.07, 6.45) is 4.16. The van der Waals surface area contributed by atoms with E-state index in [0.29, 0.717) is 19.6 Å². The lowest BCUT2D eigenvalue weighted by molar-refractivity contribution is -0.126. The van der Waals surface area contributed by atoms with Crippen LogP contribution in [0.1, 0.15) is 32.1 Å². The Labute approximate surface area is 145 Å². The number of piperidine rings is 2. The van der Waals surface area contributed by atoms with Crippen LogP contribution in [-0.4, -0.2) is 91.2 Å². The van der Waals surface area contributed by atoms with Crippen molar-refractivity contribution in [3.05, 3.63) is 0 Å². The summed E-state index contributed by atoms with van der Waals surface area (Å²) < 4.78 is 0. The molecule has 0 bridgehead atoms. The number of carbonyl (C=O) groups excluding carboxylic acids is 2. The number of nitrogens with zero attached hydrogens (tertiary/aromatic N) is 3. The molecule has 7 heteroatoms. The van der Waals surface area contributed by atoms with Gasteiger partial charge in [0.25, 0.3) is 0 Å². The van der Waals surface area contributed by atoms with Gasteiger partial charge in [0, 0.05) is 46.2 Å². The third-order valence-corrected chi connectivity index (χ3v) is 4.95. The van der Waals surface area contributed by atoms with E-state index in [0.717, 1.165) is 51.7 Å². The molecule has 2 saturated heterocycles. The highest BCUT2D eigenvalue weighted by molar-refractivity contribution is 5.79. The first-order valence-corrected chi connectivity index (χ1v) is 9.11. The lowest BCUT2D eigenvalue weighted by Crippen LogP contribution is -2.46. The van der Waals surface area contributed by atoms with Crippen LogP contribution in [0.3, 0.4) is 0 Å². The number of aliphatic hydroxyl groups excluding tert-OH is 1. The zero-order valence-corrected chi connectivity index (χ0v) is 15.0. The van der Waals surface area contributed by atoms with Crippen molar-refractivity contribution in [1.82, 2.24) is 20.0 Å². The molecule has 0 aliphatic carbocycles. The van der Waals surface area contributed by atoms with E-state index < -0.39 is 0 Å². The van der Waals surface area contributed by atoms with E-state index in [2.05, 4.69) is 10.2 Å². The summed E-state index contributed by atoms with van der Waals surface area (Å²) in [4.78, 5) is 29.8. The average molecular weight is 340 g/mol. The molecule has 2 aliphatic rings. The number of rotatable bonds is 5. The predicted octanol–water partition coefficient (Wildman–Crippen LogP) is 0.343. The molecule has 0 unspecified atom stereocenters. The molecule has 0 saturated carbocycles. The molecule has 1 atom stereocenters. The Hall–Kier alpha value is -1.34. The van der Waals surface area contributed by atoms with Gasteiger partial charge >= 0.3 is 6.03 Å². The maximum atomic E-state index is 12.2. The summed E-state index contributed by atoms with van der Waals surface area (Å²) in [6, 6.07) is 0.0255. The predicted molar refractivity (Wildman–Crippen MR) is 92.7 cm³/mol. The standard InChI is InChI=1S/C17H32N4O3/c1-19(2)17(24)21-11-6-14(7-12-21)16(23)18-8-4-10-20-9-3-5-15(22)13-20/h14-15,22H,3-13H2,1-2H3,(H,18,23)/t15-/m1/s1. The minimum Gasteiger partial charge on any atom is -0.392 e. The highest BCUT2D eigenvalue weighted by atomic mass is 16.3. The van der Waals surface area contributed by atoms with Gasteiger partial charge in [0.15, 0.2) is 0 Å². The molecule has 3 amide bonds. The Kier molecular flexibility index (Phi) is 7.30. The van der Waals surface area contributed by atoms with Crippen LogP contribution in [0.15, 0.2) is 0 Å². The van der Waals surface area contributed by atoms with Gasteiger partial charge in [0.1, 0.15) is 0 Å². The first-order valence-electron chi connectivity index (χ1n) is 9.11. The number of carbonyl (C=O) groups is 2. The van der Waals surface area contributed by atoms with Gasteiger partial charge in [-0.15, -0.1) is 0 Å². The SMILES string of the molecule is CN(C)C(=O)N1CCC(C(=O)NCCCN2CCC[C@@H](O)C2)CC1. The van der Waals surface area contributed by atoms with E-state index in [-0.39, 0.29) is 24.0 Å². The van der Waals surface area contributed by atoms with Crippen LogP contribution in [0.4, 0.5) is 4.79 Å². The third kappa shape index (κ3) is 5.63. The second kappa shape index (κ2) is 9.22. The van der Waals surface area contributed by atoms with Gasteiger partial charge in [-0.1, -0.05) is 0 Å². The smallest absolute Gasteiger partial charge is 0.319 e. The third-order valence-electron chi connectivity index (χ3n) is 4.95. The minimum atomic E-state index is -0.191. The zero-order valence-electron chi connectivity index (χ0n) is 15.0. The molecule has 2 rings (SSSR count). The van der Waals surface area contributed by atoms with Crippen molar-refractivity contribution in [2.24, 2.45) is 5.92 Å². The summed E-state index contributed by atoms with van der Waals surface area (Å²) in [5, 5.41) is 12.7. The van der Waals surface area contributed by atoms with Crippen LogP contribution in [0.5, 0.6) is 0 Å². The molecular formula is C17H32N4O3. The van der Waals surface area contributed by atoms with Crippen LogP contribution in [0.25, 0.3) is 0 Å². The zero-order chi connectivity index (χ0) is 17.5. The Morgan fingerprint density at radius 2 is 1.88 bits per heavy atom. The van der Waals surface area contributed by atoms with Gasteiger partial charge in [-0.2, -0.15) is 0 Å². The molecular weight excluding hydrogens is 308 g/mol. The number of hydrogen-bond acceptors (Lipinski definition) is 4. The van der Waals surface area contributed by atoms with Gasteiger partial charge in [-0.05, 0) is 45.2 Å². The maximum Gasteiger partial charge on any atom is 0.319 e. The van der Waals surface area contributed by atoms with Crippen LogP contribution >= 0.6 is 0 Å². The van der Waals surface area contributed by atoms with Crippen molar-refractivity contribution in [2.75, 3.05) is 53.4 Å². The lowest BCUT2D eigenvalue weighted by Gasteiger charge is -2.33. The van der Waals surface area contributed by atoms with Crippen LogP contribution in [-0.2, 0) is 4.79 Å². The fourth-order valence-electron chi connectivity index (χ4n) is 3.51.